The Bertz CT molecular complexity index is 936. The average Bonchev–Trinajstić information content (AvgIpc) is 2.94. The fourth-order valence-electron chi connectivity index (χ4n) is 3.91. The molecule has 1 heterocycles. The smallest absolute Gasteiger partial charge is 0.255 e. The second-order valence-corrected chi connectivity index (χ2v) is 7.04. The Morgan fingerprint density at radius 3 is 2.56 bits per heavy atom. The van der Waals surface area contributed by atoms with E-state index in [1.807, 2.05) is 37.3 Å². The molecule has 5 heteroatoms. The maximum absolute atomic E-state index is 12.9. The molecule has 0 unspecified atom stereocenters. The molecule has 1 saturated heterocycles. The van der Waals surface area contributed by atoms with Gasteiger partial charge in [0.25, 0.3) is 5.91 Å². The van der Waals surface area contributed by atoms with E-state index < -0.39 is 0 Å². The third-order valence-corrected chi connectivity index (χ3v) is 5.27. The van der Waals surface area contributed by atoms with Crippen molar-refractivity contribution in [2.24, 2.45) is 17.8 Å². The van der Waals surface area contributed by atoms with Crippen LogP contribution in [0.5, 0.6) is 0 Å². The first-order chi connectivity index (χ1) is 13.1. The van der Waals surface area contributed by atoms with E-state index in [1.165, 1.54) is 4.90 Å². The van der Waals surface area contributed by atoms with Gasteiger partial charge in [0.15, 0.2) is 0 Å². The lowest BCUT2D eigenvalue weighted by atomic mass is 9.78. The molecule has 0 saturated carbocycles. The predicted octanol–water partition coefficient (Wildman–Crippen LogP) is 3.64. The second kappa shape index (κ2) is 6.83. The van der Waals surface area contributed by atoms with Crippen LogP contribution in [0.25, 0.3) is 0 Å². The van der Waals surface area contributed by atoms with E-state index in [0.29, 0.717) is 23.4 Å². The summed E-state index contributed by atoms with van der Waals surface area (Å²) in [7, 11) is 0. The van der Waals surface area contributed by atoms with Gasteiger partial charge in [-0.15, -0.1) is 0 Å². The van der Waals surface area contributed by atoms with E-state index in [4.69, 9.17) is 0 Å². The molecule has 0 spiro atoms. The molecule has 3 atom stereocenters. The highest BCUT2D eigenvalue weighted by Gasteiger charge is 2.50. The third-order valence-electron chi connectivity index (χ3n) is 5.27. The van der Waals surface area contributed by atoms with Crippen LogP contribution in [0.3, 0.4) is 0 Å². The minimum absolute atomic E-state index is 0.0368. The van der Waals surface area contributed by atoms with Gasteiger partial charge in [0, 0.05) is 11.3 Å². The van der Waals surface area contributed by atoms with Gasteiger partial charge in [0.1, 0.15) is 0 Å². The lowest BCUT2D eigenvalue weighted by molar-refractivity contribution is -0.122. The standard InChI is InChI=1S/C22H20N2O3/c1-14-7-5-12-18-19(14)22(27)24(21(18)26)17-11-6-8-15(13-17)20(25)23-16-9-3-2-4-10-16/h2-11,13-14,18-19H,12H2,1H3,(H,23,25)/t14-,18-,19-/m1/s1. The molecule has 0 aromatic heterocycles. The van der Waals surface area contributed by atoms with Gasteiger partial charge in [-0.05, 0) is 42.7 Å². The summed E-state index contributed by atoms with van der Waals surface area (Å²) < 4.78 is 0. The molecule has 0 radical (unpaired) electrons. The van der Waals surface area contributed by atoms with Gasteiger partial charge in [-0.25, -0.2) is 0 Å². The number of carbonyl (C=O) groups excluding carboxylic acids is 3. The maximum atomic E-state index is 12.9. The molecule has 4 rings (SSSR count). The quantitative estimate of drug-likeness (QED) is 0.671. The zero-order valence-electron chi connectivity index (χ0n) is 15.0. The molecule has 0 bridgehead atoms. The van der Waals surface area contributed by atoms with Gasteiger partial charge in [0.05, 0.1) is 17.5 Å². The summed E-state index contributed by atoms with van der Waals surface area (Å²) in [5.41, 5.74) is 1.54. The van der Waals surface area contributed by atoms with E-state index in [-0.39, 0.29) is 35.5 Å². The summed E-state index contributed by atoms with van der Waals surface area (Å²) in [6, 6.07) is 15.8. The summed E-state index contributed by atoms with van der Waals surface area (Å²) in [5.74, 6) is -1.22. The Hall–Kier alpha value is -3.21. The Balaban J connectivity index is 1.60. The highest BCUT2D eigenvalue weighted by atomic mass is 16.2. The molecule has 136 valence electrons. The van der Waals surface area contributed by atoms with E-state index in [2.05, 4.69) is 5.32 Å². The Morgan fingerprint density at radius 2 is 1.81 bits per heavy atom. The van der Waals surface area contributed by atoms with Crippen molar-refractivity contribution < 1.29 is 14.4 Å². The number of carbonyl (C=O) groups is 3. The zero-order valence-corrected chi connectivity index (χ0v) is 15.0. The Labute approximate surface area is 157 Å². The molecule has 27 heavy (non-hydrogen) atoms. The number of benzene rings is 2. The highest BCUT2D eigenvalue weighted by Crippen LogP contribution is 2.40. The van der Waals surface area contributed by atoms with Crippen LogP contribution in [-0.2, 0) is 9.59 Å². The van der Waals surface area contributed by atoms with Crippen LogP contribution in [0.2, 0.25) is 0 Å². The van der Waals surface area contributed by atoms with Crippen LogP contribution >= 0.6 is 0 Å². The number of hydrogen-bond acceptors (Lipinski definition) is 3. The molecule has 2 aliphatic rings. The summed E-state index contributed by atoms with van der Waals surface area (Å²) >= 11 is 0. The number of anilines is 2. The molecule has 5 nitrogen and oxygen atoms in total. The normalized spacial score (nSPS) is 24.0. The maximum Gasteiger partial charge on any atom is 0.255 e. The minimum atomic E-state index is -0.315. The van der Waals surface area contributed by atoms with Crippen molar-refractivity contribution in [2.75, 3.05) is 10.2 Å². The summed E-state index contributed by atoms with van der Waals surface area (Å²) in [5, 5.41) is 2.82. The van der Waals surface area contributed by atoms with Gasteiger partial charge in [0.2, 0.25) is 11.8 Å². The molecule has 1 N–H and O–H groups in total. The van der Waals surface area contributed by atoms with E-state index in [0.717, 1.165) is 0 Å². The Morgan fingerprint density at radius 1 is 1.04 bits per heavy atom. The number of hydrogen-bond donors (Lipinski definition) is 1. The number of rotatable bonds is 3. The van der Waals surface area contributed by atoms with E-state index in [1.54, 1.807) is 36.4 Å². The minimum Gasteiger partial charge on any atom is -0.322 e. The van der Waals surface area contributed by atoms with Gasteiger partial charge in [-0.3, -0.25) is 19.3 Å². The van der Waals surface area contributed by atoms with Crippen LogP contribution in [0.1, 0.15) is 23.7 Å². The number of allylic oxidation sites excluding steroid dienone is 2. The number of amides is 3. The van der Waals surface area contributed by atoms with Crippen LogP contribution in [-0.4, -0.2) is 17.7 Å². The molecule has 1 fully saturated rings. The number of nitrogens with zero attached hydrogens (tertiary/aromatic N) is 1. The molecule has 1 aliphatic heterocycles. The topological polar surface area (TPSA) is 66.5 Å². The average molecular weight is 360 g/mol. The van der Waals surface area contributed by atoms with Crippen molar-refractivity contribution in [1.29, 1.82) is 0 Å². The van der Waals surface area contributed by atoms with Crippen LogP contribution < -0.4 is 10.2 Å². The first kappa shape index (κ1) is 17.2. The SMILES string of the molecule is C[C@@H]1C=CC[C@H]2C(=O)N(c3cccc(C(=O)Nc4ccccc4)c3)C(=O)[C@H]12. The van der Waals surface area contributed by atoms with E-state index in [9.17, 15) is 14.4 Å². The molecule has 2 aromatic rings. The van der Waals surface area contributed by atoms with Gasteiger partial charge in [-0.2, -0.15) is 0 Å². The number of nitrogens with one attached hydrogen (secondary N) is 1. The van der Waals surface area contributed by atoms with Crippen molar-refractivity contribution in [3.8, 4) is 0 Å². The molecular weight excluding hydrogens is 340 g/mol. The lowest BCUT2D eigenvalue weighted by Crippen LogP contribution is -2.31. The molecule has 2 aromatic carbocycles. The molecule has 3 amide bonds. The third kappa shape index (κ3) is 3.05. The molecule has 1 aliphatic carbocycles. The van der Waals surface area contributed by atoms with Crippen LogP contribution in [0.15, 0.2) is 66.7 Å². The summed E-state index contributed by atoms with van der Waals surface area (Å²) in [6.45, 7) is 1.96. The van der Waals surface area contributed by atoms with Crippen molar-refractivity contribution in [3.05, 3.63) is 72.3 Å². The number of para-hydroxylation sites is 1. The van der Waals surface area contributed by atoms with Gasteiger partial charge >= 0.3 is 0 Å². The van der Waals surface area contributed by atoms with Crippen molar-refractivity contribution in [3.63, 3.8) is 0 Å². The zero-order chi connectivity index (χ0) is 19.0. The number of fused-ring (bicyclic) bond motifs is 1. The van der Waals surface area contributed by atoms with Gasteiger partial charge < -0.3 is 5.32 Å². The van der Waals surface area contributed by atoms with Crippen LogP contribution in [0, 0.1) is 17.8 Å². The van der Waals surface area contributed by atoms with Crippen molar-refractivity contribution >= 4 is 29.1 Å². The second-order valence-electron chi connectivity index (χ2n) is 7.04. The van der Waals surface area contributed by atoms with E-state index >= 15 is 0 Å². The monoisotopic (exact) mass is 360 g/mol. The summed E-state index contributed by atoms with van der Waals surface area (Å²) in [6.07, 6.45) is 4.56. The highest BCUT2D eigenvalue weighted by molar-refractivity contribution is 6.22. The van der Waals surface area contributed by atoms with Crippen molar-refractivity contribution in [2.45, 2.75) is 13.3 Å². The largest absolute Gasteiger partial charge is 0.322 e. The first-order valence-corrected chi connectivity index (χ1v) is 9.07. The predicted molar refractivity (Wildman–Crippen MR) is 103 cm³/mol. The van der Waals surface area contributed by atoms with Crippen molar-refractivity contribution in [1.82, 2.24) is 0 Å². The molecular formula is C22H20N2O3. The van der Waals surface area contributed by atoms with Gasteiger partial charge in [-0.1, -0.05) is 43.3 Å². The van der Waals surface area contributed by atoms with Crippen LogP contribution in [0.4, 0.5) is 11.4 Å². The first-order valence-electron chi connectivity index (χ1n) is 9.07. The Kier molecular flexibility index (Phi) is 4.36. The lowest BCUT2D eigenvalue weighted by Gasteiger charge is -2.22. The fraction of sp³-hybridized carbons (Fsp3) is 0.227. The fourth-order valence-corrected chi connectivity index (χ4v) is 3.91. The summed E-state index contributed by atoms with van der Waals surface area (Å²) in [4.78, 5) is 39.5. The number of imide groups is 1.